The highest BCUT2D eigenvalue weighted by atomic mass is 16.5. The van der Waals surface area contributed by atoms with Crippen LogP contribution in [0.15, 0.2) is 47.9 Å². The number of benzene rings is 1. The molecule has 2 aromatic rings. The second-order valence-electron chi connectivity index (χ2n) is 7.20. The van der Waals surface area contributed by atoms with E-state index in [1.807, 2.05) is 31.2 Å². The van der Waals surface area contributed by atoms with Crippen LogP contribution in [0.3, 0.4) is 0 Å². The Labute approximate surface area is 175 Å². The first-order valence-corrected chi connectivity index (χ1v) is 10.4. The Bertz CT molecular complexity index is 883. The first-order chi connectivity index (χ1) is 13.9. The molecule has 1 aromatic carbocycles. The number of hydrogen-bond donors (Lipinski definition) is 0. The van der Waals surface area contributed by atoms with Crippen molar-refractivity contribution in [3.05, 3.63) is 66.1 Å². The summed E-state index contributed by atoms with van der Waals surface area (Å²) in [6.45, 7) is 17.5. The van der Waals surface area contributed by atoms with Crippen molar-refractivity contribution < 1.29 is 13.9 Å². The van der Waals surface area contributed by atoms with Gasteiger partial charge in [0.25, 0.3) is 0 Å². The molecule has 0 amide bonds. The van der Waals surface area contributed by atoms with Gasteiger partial charge in [0.15, 0.2) is 11.5 Å². The number of rotatable bonds is 11. The normalized spacial score (nSPS) is 11.4. The molecule has 0 atom stereocenters. The summed E-state index contributed by atoms with van der Waals surface area (Å²) in [4.78, 5) is 0. The fourth-order valence-electron chi connectivity index (χ4n) is 3.17. The van der Waals surface area contributed by atoms with E-state index in [0.717, 1.165) is 76.5 Å². The summed E-state index contributed by atoms with van der Waals surface area (Å²) >= 11 is 0. The van der Waals surface area contributed by atoms with Crippen LogP contribution in [0.5, 0.6) is 11.5 Å². The Morgan fingerprint density at radius 2 is 1.79 bits per heavy atom. The van der Waals surface area contributed by atoms with Gasteiger partial charge < -0.3 is 13.9 Å². The topological polar surface area (TPSA) is 31.6 Å². The van der Waals surface area contributed by atoms with Gasteiger partial charge in [0.2, 0.25) is 0 Å². The van der Waals surface area contributed by atoms with E-state index in [9.17, 15) is 0 Å². The number of methoxy groups -OCH3 is 1. The van der Waals surface area contributed by atoms with Crippen LogP contribution in [0.1, 0.15) is 69.6 Å². The van der Waals surface area contributed by atoms with E-state index in [1.165, 1.54) is 0 Å². The quantitative estimate of drug-likeness (QED) is 0.291. The SMILES string of the molecule is C=C(/C=C(/CC)c1cc(OC)c(OCCCC)cc1C(=C)C)c1ccc(CC)o1. The zero-order valence-electron chi connectivity index (χ0n) is 18.6. The number of furan rings is 1. The molecule has 3 heteroatoms. The fraction of sp³-hybridized carbons (Fsp3) is 0.385. The van der Waals surface area contributed by atoms with E-state index >= 15 is 0 Å². The second-order valence-corrected chi connectivity index (χ2v) is 7.20. The minimum absolute atomic E-state index is 0.674. The summed E-state index contributed by atoms with van der Waals surface area (Å²) in [7, 11) is 1.68. The Hall–Kier alpha value is -2.68. The van der Waals surface area contributed by atoms with Crippen molar-refractivity contribution in [3.8, 4) is 11.5 Å². The third-order valence-corrected chi connectivity index (χ3v) is 4.92. The average Bonchev–Trinajstić information content (AvgIpc) is 3.21. The molecule has 0 saturated carbocycles. The zero-order valence-corrected chi connectivity index (χ0v) is 18.6. The molecule has 156 valence electrons. The number of unbranched alkanes of at least 4 members (excludes halogenated alkanes) is 1. The van der Waals surface area contributed by atoms with Gasteiger partial charge in [0.05, 0.1) is 13.7 Å². The van der Waals surface area contributed by atoms with Gasteiger partial charge in [-0.15, -0.1) is 0 Å². The smallest absolute Gasteiger partial charge is 0.161 e. The van der Waals surface area contributed by atoms with Crippen LogP contribution in [0, 0.1) is 0 Å². The minimum Gasteiger partial charge on any atom is -0.493 e. The largest absolute Gasteiger partial charge is 0.493 e. The summed E-state index contributed by atoms with van der Waals surface area (Å²) in [6.07, 6.45) is 5.91. The molecule has 0 aliphatic carbocycles. The van der Waals surface area contributed by atoms with Crippen LogP contribution < -0.4 is 9.47 Å². The van der Waals surface area contributed by atoms with Crippen molar-refractivity contribution >= 4 is 16.7 Å². The summed E-state index contributed by atoms with van der Waals surface area (Å²) in [5.74, 6) is 3.26. The van der Waals surface area contributed by atoms with Gasteiger partial charge in [-0.2, -0.15) is 0 Å². The number of hydrogen-bond acceptors (Lipinski definition) is 3. The van der Waals surface area contributed by atoms with Crippen molar-refractivity contribution in [3.63, 3.8) is 0 Å². The van der Waals surface area contributed by atoms with Crippen LogP contribution in [0.2, 0.25) is 0 Å². The van der Waals surface area contributed by atoms with E-state index in [0.29, 0.717) is 6.61 Å². The molecule has 0 spiro atoms. The van der Waals surface area contributed by atoms with E-state index in [2.05, 4.69) is 40.0 Å². The minimum atomic E-state index is 0.674. The van der Waals surface area contributed by atoms with Gasteiger partial charge >= 0.3 is 0 Å². The van der Waals surface area contributed by atoms with Crippen molar-refractivity contribution in [2.45, 2.75) is 53.4 Å². The lowest BCUT2D eigenvalue weighted by Crippen LogP contribution is -2.02. The molecule has 1 heterocycles. The molecule has 0 N–H and O–H groups in total. The predicted molar refractivity (Wildman–Crippen MR) is 123 cm³/mol. The molecule has 2 rings (SSSR count). The lowest BCUT2D eigenvalue weighted by molar-refractivity contribution is 0.288. The van der Waals surface area contributed by atoms with Crippen LogP contribution in [-0.4, -0.2) is 13.7 Å². The summed E-state index contributed by atoms with van der Waals surface area (Å²) in [5.41, 5.74) is 5.14. The average molecular weight is 395 g/mol. The maximum Gasteiger partial charge on any atom is 0.161 e. The molecule has 3 nitrogen and oxygen atoms in total. The van der Waals surface area contributed by atoms with E-state index in [-0.39, 0.29) is 0 Å². The van der Waals surface area contributed by atoms with Crippen molar-refractivity contribution in [1.82, 2.24) is 0 Å². The predicted octanol–water partition coefficient (Wildman–Crippen LogP) is 7.57. The first kappa shape index (κ1) is 22.6. The highest BCUT2D eigenvalue weighted by molar-refractivity contribution is 5.86. The Morgan fingerprint density at radius 3 is 2.34 bits per heavy atom. The molecular weight excluding hydrogens is 360 g/mol. The zero-order chi connectivity index (χ0) is 21.4. The number of aryl methyl sites for hydroxylation is 1. The third-order valence-electron chi connectivity index (χ3n) is 4.92. The van der Waals surface area contributed by atoms with E-state index < -0.39 is 0 Å². The fourth-order valence-corrected chi connectivity index (χ4v) is 3.17. The van der Waals surface area contributed by atoms with Crippen molar-refractivity contribution in [2.24, 2.45) is 0 Å². The lowest BCUT2D eigenvalue weighted by atomic mass is 9.92. The van der Waals surface area contributed by atoms with Gasteiger partial charge in [-0.25, -0.2) is 0 Å². The van der Waals surface area contributed by atoms with Gasteiger partial charge in [-0.1, -0.05) is 45.9 Å². The molecule has 29 heavy (non-hydrogen) atoms. The lowest BCUT2D eigenvalue weighted by Gasteiger charge is -2.18. The van der Waals surface area contributed by atoms with E-state index in [1.54, 1.807) is 7.11 Å². The van der Waals surface area contributed by atoms with Crippen LogP contribution >= 0.6 is 0 Å². The van der Waals surface area contributed by atoms with Gasteiger partial charge in [-0.05, 0) is 66.8 Å². The maximum atomic E-state index is 5.98. The Morgan fingerprint density at radius 1 is 1.07 bits per heavy atom. The summed E-state index contributed by atoms with van der Waals surface area (Å²) in [5, 5.41) is 0. The van der Waals surface area contributed by atoms with Crippen molar-refractivity contribution in [1.29, 1.82) is 0 Å². The van der Waals surface area contributed by atoms with Crippen LogP contribution in [-0.2, 0) is 6.42 Å². The van der Waals surface area contributed by atoms with Crippen LogP contribution in [0.25, 0.3) is 16.7 Å². The monoisotopic (exact) mass is 394 g/mol. The van der Waals surface area contributed by atoms with E-state index in [4.69, 9.17) is 13.9 Å². The molecule has 0 radical (unpaired) electrons. The molecule has 0 aliphatic rings. The third kappa shape index (κ3) is 5.66. The number of allylic oxidation sites excluding steroid dienone is 4. The van der Waals surface area contributed by atoms with Gasteiger partial charge in [-0.3, -0.25) is 0 Å². The maximum absolute atomic E-state index is 5.98. The number of ether oxygens (including phenoxy) is 2. The molecule has 0 aliphatic heterocycles. The molecule has 1 aromatic heterocycles. The molecular formula is C26H34O3. The molecule has 0 fully saturated rings. The Kier molecular flexibility index (Phi) is 8.38. The van der Waals surface area contributed by atoms with Gasteiger partial charge in [0, 0.05) is 12.0 Å². The highest BCUT2D eigenvalue weighted by Gasteiger charge is 2.16. The summed E-state index contributed by atoms with van der Waals surface area (Å²) < 4.78 is 17.5. The standard InChI is InChI=1S/C26H34O3/c1-8-11-14-28-26-16-22(18(4)5)23(17-25(26)27-7)20(9-2)15-19(6)24-13-12-21(10-3)29-24/h12-13,15-17H,4,6,8-11,14H2,1-3,5,7H3/b20-15-. The van der Waals surface area contributed by atoms with Gasteiger partial charge in [0.1, 0.15) is 11.5 Å². The van der Waals surface area contributed by atoms with Crippen LogP contribution in [0.4, 0.5) is 0 Å². The Balaban J connectivity index is 2.47. The molecule has 0 saturated heterocycles. The first-order valence-electron chi connectivity index (χ1n) is 10.4. The second kappa shape index (κ2) is 10.8. The van der Waals surface area contributed by atoms with Crippen molar-refractivity contribution in [2.75, 3.05) is 13.7 Å². The highest BCUT2D eigenvalue weighted by Crippen LogP contribution is 2.38. The summed E-state index contributed by atoms with van der Waals surface area (Å²) in [6, 6.07) is 8.08. The molecule has 0 bridgehead atoms. The molecule has 0 unspecified atom stereocenters.